The first-order valence-electron chi connectivity index (χ1n) is 30.7. The van der Waals surface area contributed by atoms with Gasteiger partial charge < -0.3 is 48.9 Å². The number of aromatic nitrogens is 8. The van der Waals surface area contributed by atoms with Crippen molar-refractivity contribution in [2.24, 2.45) is 0 Å². The van der Waals surface area contributed by atoms with Crippen LogP contribution in [-0.4, -0.2) is 29.9 Å². The van der Waals surface area contributed by atoms with Crippen molar-refractivity contribution >= 4 is 183 Å². The summed E-state index contributed by atoms with van der Waals surface area (Å²) >= 11 is 90.4. The van der Waals surface area contributed by atoms with E-state index in [1.165, 1.54) is 0 Å². The van der Waals surface area contributed by atoms with Gasteiger partial charge in [-0.1, -0.05) is 267 Å². The summed E-state index contributed by atoms with van der Waals surface area (Å²) in [5.41, 5.74) is 3.54. The third kappa shape index (κ3) is 12.4. The third-order valence-electron chi connectivity index (χ3n) is 17.7. The van der Waals surface area contributed by atoms with Crippen LogP contribution in [0.4, 0.5) is 0 Å². The van der Waals surface area contributed by atoms with E-state index in [2.05, 4.69) is 55.4 Å². The van der Waals surface area contributed by atoms with Crippen molar-refractivity contribution in [1.82, 2.24) is 39.9 Å². The molecule has 0 N–H and O–H groups in total. The fourth-order valence-electron chi connectivity index (χ4n) is 11.7. The Morgan fingerprint density at radius 3 is 0.763 bits per heavy atom. The van der Waals surface area contributed by atoms with Crippen LogP contribution in [0.3, 0.4) is 0 Å². The molecule has 2 aliphatic rings. The second kappa shape index (κ2) is 28.8. The van der Waals surface area contributed by atoms with Gasteiger partial charge in [0.2, 0.25) is 0 Å². The molecule has 0 fully saturated rings. The molecule has 0 saturated heterocycles. The molecule has 0 spiro atoms. The van der Waals surface area contributed by atoms with Gasteiger partial charge in [0.05, 0.1) is 63.5 Å². The number of halogens is 12. The van der Waals surface area contributed by atoms with Crippen molar-refractivity contribution in [1.29, 1.82) is 0 Å². The number of rotatable bonds is 16. The molecule has 25 heteroatoms. The fourth-order valence-corrected chi connectivity index (χ4v) is 15.1. The van der Waals surface area contributed by atoms with E-state index in [0.29, 0.717) is 23.0 Å². The largest absolute Gasteiger partial charge is 2.00 e. The molecule has 97 heavy (non-hydrogen) atoms. The van der Waals surface area contributed by atoms with E-state index in [1.54, 1.807) is 0 Å². The summed E-state index contributed by atoms with van der Waals surface area (Å²) in [5.74, 6) is 1.66. The Morgan fingerprint density at radius 1 is 0.289 bits per heavy atom. The normalized spacial score (nSPS) is 13.1. The molecule has 0 aliphatic carbocycles. The second-order valence-corrected chi connectivity index (χ2v) is 27.9. The van der Waals surface area contributed by atoms with Crippen molar-refractivity contribution in [3.8, 4) is 91.5 Å². The Hall–Kier alpha value is -5.58. The van der Waals surface area contributed by atoms with Gasteiger partial charge in [0.25, 0.3) is 0 Å². The number of hydrogen-bond donors (Lipinski definition) is 0. The first kappa shape index (κ1) is 71.3. The van der Waals surface area contributed by atoms with Gasteiger partial charge in [-0.3, -0.25) is 0 Å². The van der Waals surface area contributed by atoms with E-state index < -0.39 is 0 Å². The predicted octanol–water partition coefficient (Wildman–Crippen LogP) is 27.2. The van der Waals surface area contributed by atoms with Crippen LogP contribution in [0.25, 0.3) is 89.7 Å². The molecular weight excluding hydrogens is 1530 g/mol. The monoisotopic (exact) mass is 1580 g/mol. The smallest absolute Gasteiger partial charge is 0.454 e. The molecule has 0 saturated carbocycles. The van der Waals surface area contributed by atoms with E-state index in [1.807, 2.05) is 97.1 Å². The van der Waals surface area contributed by atoms with Crippen LogP contribution >= 0.6 is 139 Å². The Balaban J connectivity index is 0.00000897. The molecule has 8 bridgehead atoms. The molecule has 0 amide bonds. The van der Waals surface area contributed by atoms with Gasteiger partial charge in [-0.15, -0.1) is 0 Å². The summed E-state index contributed by atoms with van der Waals surface area (Å²) in [6, 6.07) is 30.2. The van der Waals surface area contributed by atoms with Gasteiger partial charge in [0.1, 0.15) is 43.1 Å². The topological polar surface area (TPSA) is 142 Å². The van der Waals surface area contributed by atoms with Gasteiger partial charge in [-0.05, 0) is 95.9 Å². The molecule has 2 aliphatic heterocycles. The first-order valence-corrected chi connectivity index (χ1v) is 35.2. The molecule has 11 aromatic rings. The maximum Gasteiger partial charge on any atom is 2.00 e. The summed E-state index contributed by atoms with van der Waals surface area (Å²) in [4.78, 5) is 41.2. The molecule has 13 rings (SSSR count). The Morgan fingerprint density at radius 2 is 0.505 bits per heavy atom. The molecule has 5 heterocycles. The van der Waals surface area contributed by atoms with E-state index in [0.717, 1.165) is 47.9 Å². The molecule has 12 nitrogen and oxygen atoms in total. The Labute approximate surface area is 631 Å². The maximum absolute atomic E-state index is 7.70. The third-order valence-corrected chi connectivity index (χ3v) is 22.5. The number of benzene rings is 8. The summed E-state index contributed by atoms with van der Waals surface area (Å²) in [6.45, 7) is 16.6. The maximum atomic E-state index is 7.70. The zero-order chi connectivity index (χ0) is 68.0. The second-order valence-electron chi connectivity index (χ2n) is 23.4. The SMILES string of the molecule is CCC(C)c1ccccc1Oc1c(Cl)c(Cl)c2c(c1Cl)-c1nc-2nc2[n-]c(nc3nc(nc4[n-]c(n1)c1c(Cl)c(Cl)c(Oc5ccccc5C(C)CC)c(Cl)c41)-c1c(Cl)c(Cl)c(Oc4ccccc4C(C)CC)c(Cl)c1-3)c1c(Cl)c(Oc3ccccc3C(C)CC)c(Cl)c(Cl)c21.[Zn+2]. The number of fused-ring (bicyclic) bond motifs is 20. The summed E-state index contributed by atoms with van der Waals surface area (Å²) in [5, 5.41) is -0.431. The quantitative estimate of drug-likeness (QED) is 0.0671. The van der Waals surface area contributed by atoms with Crippen LogP contribution in [0.1, 0.15) is 127 Å². The van der Waals surface area contributed by atoms with Gasteiger partial charge in [0, 0.05) is 66.4 Å². The molecule has 3 aromatic heterocycles. The van der Waals surface area contributed by atoms with Gasteiger partial charge >= 0.3 is 19.5 Å². The minimum absolute atomic E-state index is 0. The number of hydrogen-bond acceptors (Lipinski definition) is 10. The van der Waals surface area contributed by atoms with E-state index >= 15 is 0 Å². The van der Waals surface area contributed by atoms with Crippen LogP contribution in [0.15, 0.2) is 97.1 Å². The summed E-state index contributed by atoms with van der Waals surface area (Å²) in [6.07, 6.45) is 3.18. The van der Waals surface area contributed by atoms with Crippen molar-refractivity contribution in [2.45, 2.75) is 105 Å². The van der Waals surface area contributed by atoms with Crippen LogP contribution in [0, 0.1) is 0 Å². The van der Waals surface area contributed by atoms with Crippen LogP contribution < -0.4 is 28.9 Å². The molecule has 4 unspecified atom stereocenters. The van der Waals surface area contributed by atoms with Crippen LogP contribution in [-0.2, 0) is 19.5 Å². The summed E-state index contributed by atoms with van der Waals surface area (Å²) in [7, 11) is 0. The summed E-state index contributed by atoms with van der Waals surface area (Å²) < 4.78 is 27.0. The first-order chi connectivity index (χ1) is 46.1. The molecule has 4 atom stereocenters. The van der Waals surface area contributed by atoms with Crippen molar-refractivity contribution in [3.05, 3.63) is 180 Å². The molecular formula is C72H52Cl12N8O4Zn. The number of nitrogens with zero attached hydrogens (tertiary/aromatic N) is 8. The minimum atomic E-state index is -0.116. The molecule has 490 valence electrons. The van der Waals surface area contributed by atoms with Gasteiger partial charge in [0.15, 0.2) is 23.0 Å². The zero-order valence-corrected chi connectivity index (χ0v) is 64.9. The standard InChI is InChI=1S/C72H52Cl12N8O4.Zn/c1-9-29(5)33-21-13-17-25-37(33)93-61-53(77)45-41(49(73)57(61)81)65-85-66-42-47(55(79)63(58(82)50(42)74)95-39-27-19-15-23-35(39)31(7)11-3)71(87-66)92-72-48-44(52(76)60(84)64(56(48)80)96-40-28-20-16-24-36(40)32(8)12-4)68(91-72)90-70-46-43(67(89-70)88-69(45)86-65)51(75)59(83)62(54(46)78)94-38-26-18-14-22-34(38)30(6)10-2;/h13-32H,9-12H2,1-8H3;/q-2;+2. The van der Waals surface area contributed by atoms with E-state index in [4.69, 9.17) is 198 Å². The Bertz CT molecular complexity index is 5250. The van der Waals surface area contributed by atoms with Crippen LogP contribution in [0.5, 0.6) is 46.0 Å². The zero-order valence-electron chi connectivity index (χ0n) is 52.8. The fraction of sp³-hybridized carbons (Fsp3) is 0.222. The van der Waals surface area contributed by atoms with Gasteiger partial charge in [-0.2, -0.15) is 0 Å². The average Bonchev–Trinajstić information content (AvgIpc) is 1.59. The minimum Gasteiger partial charge on any atom is -0.454 e. The molecule has 0 radical (unpaired) electrons. The van der Waals surface area contributed by atoms with Crippen molar-refractivity contribution in [2.75, 3.05) is 0 Å². The van der Waals surface area contributed by atoms with Crippen LogP contribution in [0.2, 0.25) is 60.3 Å². The van der Waals surface area contributed by atoms with E-state index in [-0.39, 0.29) is 216 Å². The molecule has 8 aromatic carbocycles. The number of ether oxygens (including phenoxy) is 4. The predicted molar refractivity (Wildman–Crippen MR) is 395 cm³/mol. The average molecular weight is 1580 g/mol. The van der Waals surface area contributed by atoms with E-state index in [9.17, 15) is 0 Å². The number of para-hydroxylation sites is 4. The van der Waals surface area contributed by atoms with Crippen molar-refractivity contribution < 1.29 is 38.4 Å². The van der Waals surface area contributed by atoms with Gasteiger partial charge in [-0.25, -0.2) is 9.97 Å². The Kier molecular flexibility index (Phi) is 21.2. The van der Waals surface area contributed by atoms with Crippen molar-refractivity contribution in [3.63, 3.8) is 0 Å².